The Morgan fingerprint density at radius 2 is 1.74 bits per heavy atom. The molecule has 0 spiro atoms. The monoisotopic (exact) mass is 441 g/mol. The third kappa shape index (κ3) is 4.92. The van der Waals surface area contributed by atoms with Gasteiger partial charge in [-0.1, -0.05) is 35.9 Å². The highest BCUT2D eigenvalue weighted by molar-refractivity contribution is 6.46. The van der Waals surface area contributed by atoms with Gasteiger partial charge in [-0.25, -0.2) is 0 Å². The van der Waals surface area contributed by atoms with Crippen molar-refractivity contribution in [2.45, 2.75) is 12.5 Å². The first-order valence-electron chi connectivity index (χ1n) is 10.2. The van der Waals surface area contributed by atoms with Crippen LogP contribution in [0.3, 0.4) is 0 Å². The standard InChI is InChI=1S/C24H28ClN3O3/c1-26(2)13-6-14-28-21(16-9-11-19(12-10-16)27(3)4)20(23(30)24(28)31)22(29)17-7-5-8-18(25)15-17/h5,7-12,15,21,29H,6,13-14H2,1-4H3/b22-20-. The highest BCUT2D eigenvalue weighted by atomic mass is 35.5. The van der Waals surface area contributed by atoms with Gasteiger partial charge in [0.25, 0.3) is 11.7 Å². The lowest BCUT2D eigenvalue weighted by Gasteiger charge is -2.26. The Hall–Kier alpha value is -2.83. The van der Waals surface area contributed by atoms with Crippen LogP contribution >= 0.6 is 11.6 Å². The second-order valence-electron chi connectivity index (χ2n) is 8.15. The molecule has 7 heteroatoms. The molecule has 1 atom stereocenters. The van der Waals surface area contributed by atoms with E-state index < -0.39 is 17.7 Å². The number of amides is 1. The van der Waals surface area contributed by atoms with E-state index in [4.69, 9.17) is 11.6 Å². The van der Waals surface area contributed by atoms with Crippen LogP contribution in [0.2, 0.25) is 5.02 Å². The summed E-state index contributed by atoms with van der Waals surface area (Å²) in [7, 11) is 7.82. The highest BCUT2D eigenvalue weighted by Gasteiger charge is 2.45. The van der Waals surface area contributed by atoms with Crippen LogP contribution in [-0.4, -0.2) is 67.9 Å². The first-order valence-corrected chi connectivity index (χ1v) is 10.5. The molecule has 1 N–H and O–H groups in total. The highest BCUT2D eigenvalue weighted by Crippen LogP contribution is 2.40. The second-order valence-corrected chi connectivity index (χ2v) is 8.58. The number of Topliss-reactive ketones (excluding diaryl/α,β-unsaturated/α-hetero) is 1. The molecule has 0 aromatic heterocycles. The van der Waals surface area contributed by atoms with Crippen LogP contribution in [0.1, 0.15) is 23.6 Å². The summed E-state index contributed by atoms with van der Waals surface area (Å²) >= 11 is 6.08. The van der Waals surface area contributed by atoms with Crippen LogP contribution in [0, 0.1) is 0 Å². The molecular formula is C24H28ClN3O3. The maximum atomic E-state index is 13.0. The number of rotatable bonds is 7. The Morgan fingerprint density at radius 3 is 2.32 bits per heavy atom. The fourth-order valence-corrected chi connectivity index (χ4v) is 3.95. The van der Waals surface area contributed by atoms with E-state index in [1.807, 2.05) is 62.3 Å². The zero-order valence-corrected chi connectivity index (χ0v) is 19.1. The maximum Gasteiger partial charge on any atom is 0.295 e. The summed E-state index contributed by atoms with van der Waals surface area (Å²) in [6.45, 7) is 1.19. The molecule has 1 aliphatic heterocycles. The van der Waals surface area contributed by atoms with Crippen LogP contribution in [-0.2, 0) is 9.59 Å². The molecule has 1 fully saturated rings. The van der Waals surface area contributed by atoms with Crippen molar-refractivity contribution in [2.75, 3.05) is 46.2 Å². The zero-order chi connectivity index (χ0) is 22.7. The van der Waals surface area contributed by atoms with E-state index in [0.717, 1.165) is 17.8 Å². The van der Waals surface area contributed by atoms with E-state index in [0.29, 0.717) is 23.6 Å². The lowest BCUT2D eigenvalue weighted by molar-refractivity contribution is -0.139. The Balaban J connectivity index is 2.09. The van der Waals surface area contributed by atoms with Crippen molar-refractivity contribution in [3.63, 3.8) is 0 Å². The summed E-state index contributed by atoms with van der Waals surface area (Å²) in [5.41, 5.74) is 2.28. The zero-order valence-electron chi connectivity index (χ0n) is 18.3. The molecule has 1 heterocycles. The second kappa shape index (κ2) is 9.54. The lowest BCUT2D eigenvalue weighted by atomic mass is 9.95. The SMILES string of the molecule is CN(C)CCCN1C(=O)C(=O)/C(=C(\O)c2cccc(Cl)c2)C1c1ccc(N(C)C)cc1. The van der Waals surface area contributed by atoms with Gasteiger partial charge in [0, 0.05) is 36.9 Å². The van der Waals surface area contributed by atoms with Crippen LogP contribution in [0.25, 0.3) is 5.76 Å². The van der Waals surface area contributed by atoms with Crippen molar-refractivity contribution in [2.24, 2.45) is 0 Å². The predicted molar refractivity (Wildman–Crippen MR) is 124 cm³/mol. The van der Waals surface area contributed by atoms with Gasteiger partial charge in [0.1, 0.15) is 5.76 Å². The third-order valence-electron chi connectivity index (χ3n) is 5.37. The Kier molecular flexibility index (Phi) is 7.03. The quantitative estimate of drug-likeness (QED) is 0.402. The van der Waals surface area contributed by atoms with Gasteiger partial charge in [-0.15, -0.1) is 0 Å². The number of benzene rings is 2. The van der Waals surface area contributed by atoms with E-state index >= 15 is 0 Å². The van der Waals surface area contributed by atoms with E-state index in [2.05, 4.69) is 0 Å². The Bertz CT molecular complexity index is 999. The van der Waals surface area contributed by atoms with E-state index in [9.17, 15) is 14.7 Å². The number of nitrogens with zero attached hydrogens (tertiary/aromatic N) is 3. The van der Waals surface area contributed by atoms with Gasteiger partial charge in [0.2, 0.25) is 0 Å². The van der Waals surface area contributed by atoms with Gasteiger partial charge in [-0.2, -0.15) is 0 Å². The summed E-state index contributed by atoms with van der Waals surface area (Å²) in [5, 5.41) is 11.5. The summed E-state index contributed by atoms with van der Waals surface area (Å²) in [6, 6.07) is 13.7. The minimum absolute atomic E-state index is 0.0923. The van der Waals surface area contributed by atoms with Crippen molar-refractivity contribution in [3.05, 3.63) is 70.3 Å². The van der Waals surface area contributed by atoms with Crippen LogP contribution < -0.4 is 4.90 Å². The summed E-state index contributed by atoms with van der Waals surface area (Å²) in [5.74, 6) is -1.48. The number of ketones is 1. The largest absolute Gasteiger partial charge is 0.507 e. The van der Waals surface area contributed by atoms with Gasteiger partial charge in [0.05, 0.1) is 11.6 Å². The smallest absolute Gasteiger partial charge is 0.295 e. The first-order chi connectivity index (χ1) is 14.7. The number of aliphatic hydroxyl groups is 1. The molecule has 2 aromatic rings. The molecule has 1 aliphatic rings. The molecule has 1 saturated heterocycles. The van der Waals surface area contributed by atoms with Gasteiger partial charge in [0.15, 0.2) is 0 Å². The molecule has 3 rings (SSSR count). The third-order valence-corrected chi connectivity index (χ3v) is 5.60. The molecule has 1 unspecified atom stereocenters. The summed E-state index contributed by atoms with van der Waals surface area (Å²) in [4.78, 5) is 31.5. The number of hydrogen-bond acceptors (Lipinski definition) is 5. The van der Waals surface area contributed by atoms with Crippen LogP contribution in [0.15, 0.2) is 54.1 Å². The first kappa shape index (κ1) is 22.8. The number of hydrogen-bond donors (Lipinski definition) is 1. The number of carbonyl (C=O) groups is 2. The van der Waals surface area contributed by atoms with E-state index in [-0.39, 0.29) is 11.3 Å². The average molecular weight is 442 g/mol. The lowest BCUT2D eigenvalue weighted by Crippen LogP contribution is -2.32. The van der Waals surface area contributed by atoms with Crippen LogP contribution in [0.5, 0.6) is 0 Å². The number of aliphatic hydroxyl groups excluding tert-OH is 1. The van der Waals surface area contributed by atoms with Crippen molar-refractivity contribution in [3.8, 4) is 0 Å². The molecule has 0 radical (unpaired) electrons. The van der Waals surface area contributed by atoms with Gasteiger partial charge in [-0.05, 0) is 56.9 Å². The number of halogens is 1. The predicted octanol–water partition coefficient (Wildman–Crippen LogP) is 3.78. The summed E-state index contributed by atoms with van der Waals surface area (Å²) in [6.07, 6.45) is 0.712. The molecule has 31 heavy (non-hydrogen) atoms. The minimum Gasteiger partial charge on any atom is -0.507 e. The van der Waals surface area contributed by atoms with Crippen molar-refractivity contribution < 1.29 is 14.7 Å². The normalized spacial score (nSPS) is 18.1. The van der Waals surface area contributed by atoms with Crippen molar-refractivity contribution >= 4 is 34.7 Å². The number of anilines is 1. The fraction of sp³-hybridized carbons (Fsp3) is 0.333. The average Bonchev–Trinajstić information content (AvgIpc) is 2.98. The van der Waals surface area contributed by atoms with Gasteiger partial charge >= 0.3 is 0 Å². The Labute approximate surface area is 188 Å². The van der Waals surface area contributed by atoms with Crippen LogP contribution in [0.4, 0.5) is 5.69 Å². The topological polar surface area (TPSA) is 64.1 Å². The van der Waals surface area contributed by atoms with Gasteiger partial charge in [-0.3, -0.25) is 9.59 Å². The molecular weight excluding hydrogens is 414 g/mol. The molecule has 1 amide bonds. The summed E-state index contributed by atoms with van der Waals surface area (Å²) < 4.78 is 0. The molecule has 6 nitrogen and oxygen atoms in total. The molecule has 0 bridgehead atoms. The number of likely N-dealkylation sites (tertiary alicyclic amines) is 1. The van der Waals surface area contributed by atoms with E-state index in [1.165, 1.54) is 0 Å². The van der Waals surface area contributed by atoms with Crippen molar-refractivity contribution in [1.29, 1.82) is 0 Å². The van der Waals surface area contributed by atoms with E-state index in [1.54, 1.807) is 29.2 Å². The minimum atomic E-state index is -0.677. The van der Waals surface area contributed by atoms with Crippen molar-refractivity contribution in [1.82, 2.24) is 9.80 Å². The molecule has 0 saturated carbocycles. The molecule has 0 aliphatic carbocycles. The fourth-order valence-electron chi connectivity index (χ4n) is 3.76. The molecule has 2 aromatic carbocycles. The Morgan fingerprint density at radius 1 is 1.06 bits per heavy atom. The number of carbonyl (C=O) groups excluding carboxylic acids is 2. The van der Waals surface area contributed by atoms with Gasteiger partial charge < -0.3 is 19.8 Å². The molecule has 164 valence electrons. The maximum absolute atomic E-state index is 13.0.